The molecule has 3 N–H and O–H groups in total. The molecule has 17 heavy (non-hydrogen) atoms. The Morgan fingerprint density at radius 1 is 1.41 bits per heavy atom. The Morgan fingerprint density at radius 2 is 2.18 bits per heavy atom. The predicted molar refractivity (Wildman–Crippen MR) is 75.8 cm³/mol. The fourth-order valence-corrected chi connectivity index (χ4v) is 2.55. The van der Waals surface area contributed by atoms with E-state index in [1.807, 2.05) is 0 Å². The van der Waals surface area contributed by atoms with Crippen LogP contribution >= 0.6 is 38.9 Å². The van der Waals surface area contributed by atoms with Crippen molar-refractivity contribution >= 4 is 56.1 Å². The second-order valence-electron chi connectivity index (χ2n) is 3.33. The molecule has 0 radical (unpaired) electrons. The number of nitrogens with two attached hydrogens (primary N) is 1. The van der Waals surface area contributed by atoms with Crippen molar-refractivity contribution < 1.29 is 4.79 Å². The Bertz CT molecular complexity index is 570. The molecule has 1 aromatic carbocycles. The zero-order valence-electron chi connectivity index (χ0n) is 8.54. The first kappa shape index (κ1) is 12.4. The van der Waals surface area contributed by atoms with Gasteiger partial charge in [0.1, 0.15) is 0 Å². The van der Waals surface area contributed by atoms with E-state index in [0.29, 0.717) is 22.0 Å². The lowest BCUT2D eigenvalue weighted by atomic mass is 10.2. The molecule has 0 spiro atoms. The van der Waals surface area contributed by atoms with Gasteiger partial charge in [-0.15, -0.1) is 11.3 Å². The van der Waals surface area contributed by atoms with E-state index in [0.717, 1.165) is 3.79 Å². The molecule has 0 aliphatic heterocycles. The average Bonchev–Trinajstić information content (AvgIpc) is 2.70. The smallest absolute Gasteiger partial charge is 0.256 e. The van der Waals surface area contributed by atoms with Crippen LogP contribution in [0.15, 0.2) is 33.4 Å². The highest BCUT2D eigenvalue weighted by atomic mass is 79.9. The molecule has 0 aliphatic carbocycles. The maximum atomic E-state index is 11.8. The van der Waals surface area contributed by atoms with Gasteiger partial charge in [-0.25, -0.2) is 0 Å². The van der Waals surface area contributed by atoms with Crippen LogP contribution < -0.4 is 11.1 Å². The van der Waals surface area contributed by atoms with E-state index in [2.05, 4.69) is 21.2 Å². The Kier molecular flexibility index (Phi) is 3.71. The van der Waals surface area contributed by atoms with Gasteiger partial charge in [0, 0.05) is 11.1 Å². The normalized spacial score (nSPS) is 10.2. The molecule has 1 amide bonds. The summed E-state index contributed by atoms with van der Waals surface area (Å²) in [6.07, 6.45) is 0. The van der Waals surface area contributed by atoms with E-state index in [1.54, 1.807) is 29.6 Å². The average molecular weight is 332 g/mol. The van der Waals surface area contributed by atoms with Crippen LogP contribution in [0.4, 0.5) is 11.4 Å². The molecule has 0 atom stereocenters. The molecule has 0 saturated heterocycles. The zero-order valence-corrected chi connectivity index (χ0v) is 11.7. The van der Waals surface area contributed by atoms with Gasteiger partial charge in [-0.1, -0.05) is 11.6 Å². The van der Waals surface area contributed by atoms with Gasteiger partial charge in [0.05, 0.1) is 20.1 Å². The van der Waals surface area contributed by atoms with E-state index in [4.69, 9.17) is 17.3 Å². The fraction of sp³-hybridized carbons (Fsp3) is 0. The van der Waals surface area contributed by atoms with Crippen LogP contribution in [0.2, 0.25) is 5.02 Å². The molecule has 0 unspecified atom stereocenters. The van der Waals surface area contributed by atoms with Crippen molar-refractivity contribution in [1.29, 1.82) is 0 Å². The van der Waals surface area contributed by atoms with Crippen LogP contribution in [0.1, 0.15) is 10.4 Å². The van der Waals surface area contributed by atoms with Gasteiger partial charge in [0.25, 0.3) is 5.91 Å². The quantitative estimate of drug-likeness (QED) is 0.817. The lowest BCUT2D eigenvalue weighted by Gasteiger charge is -2.05. The lowest BCUT2D eigenvalue weighted by Crippen LogP contribution is -2.10. The number of amides is 1. The van der Waals surface area contributed by atoms with Gasteiger partial charge in [-0.3, -0.25) is 4.79 Å². The third-order valence-electron chi connectivity index (χ3n) is 2.09. The number of anilines is 2. The van der Waals surface area contributed by atoms with Crippen molar-refractivity contribution in [2.45, 2.75) is 0 Å². The number of nitrogens with one attached hydrogen (secondary N) is 1. The maximum Gasteiger partial charge on any atom is 0.256 e. The molecule has 88 valence electrons. The van der Waals surface area contributed by atoms with Gasteiger partial charge in [0.15, 0.2) is 0 Å². The minimum atomic E-state index is -0.173. The Hall–Kier alpha value is -1.04. The van der Waals surface area contributed by atoms with E-state index in [-0.39, 0.29) is 5.91 Å². The topological polar surface area (TPSA) is 55.1 Å². The molecule has 0 saturated carbocycles. The van der Waals surface area contributed by atoms with Crippen LogP contribution in [-0.4, -0.2) is 5.91 Å². The van der Waals surface area contributed by atoms with Crippen LogP contribution in [0, 0.1) is 0 Å². The number of benzene rings is 1. The molecule has 6 heteroatoms. The predicted octanol–water partition coefficient (Wildman–Crippen LogP) is 4.00. The first-order valence-corrected chi connectivity index (χ1v) is 6.72. The standard InChI is InChI=1S/C11H8BrClN2OS/c12-10-3-6(5-17-10)11(16)15-7-1-2-9(14)8(13)4-7/h1-5H,14H2,(H,15,16). The number of carbonyl (C=O) groups excluding carboxylic acids is 1. The van der Waals surface area contributed by atoms with Gasteiger partial charge in [-0.2, -0.15) is 0 Å². The molecular formula is C11H8BrClN2OS. The van der Waals surface area contributed by atoms with Crippen molar-refractivity contribution in [3.05, 3.63) is 44.0 Å². The number of hydrogen-bond acceptors (Lipinski definition) is 3. The van der Waals surface area contributed by atoms with Gasteiger partial charge in [0.2, 0.25) is 0 Å². The summed E-state index contributed by atoms with van der Waals surface area (Å²) in [5.41, 5.74) is 7.30. The van der Waals surface area contributed by atoms with E-state index in [9.17, 15) is 4.79 Å². The van der Waals surface area contributed by atoms with Crippen LogP contribution in [0.5, 0.6) is 0 Å². The molecule has 0 bridgehead atoms. The van der Waals surface area contributed by atoms with Crippen LogP contribution in [0.3, 0.4) is 0 Å². The summed E-state index contributed by atoms with van der Waals surface area (Å²) in [6.45, 7) is 0. The molecule has 0 fully saturated rings. The minimum absolute atomic E-state index is 0.173. The van der Waals surface area contributed by atoms with Gasteiger partial charge >= 0.3 is 0 Å². The lowest BCUT2D eigenvalue weighted by molar-refractivity contribution is 0.102. The first-order chi connectivity index (χ1) is 8.06. The molecule has 2 aromatic rings. The van der Waals surface area contributed by atoms with Crippen LogP contribution in [0.25, 0.3) is 0 Å². The number of carbonyl (C=O) groups is 1. The van der Waals surface area contributed by atoms with E-state index in [1.165, 1.54) is 11.3 Å². The monoisotopic (exact) mass is 330 g/mol. The molecular weight excluding hydrogens is 324 g/mol. The summed E-state index contributed by atoms with van der Waals surface area (Å²) >= 11 is 10.6. The second-order valence-corrected chi connectivity index (χ2v) is 6.03. The Labute approximate surface area is 116 Å². The SMILES string of the molecule is Nc1ccc(NC(=O)c2csc(Br)c2)cc1Cl. The summed E-state index contributed by atoms with van der Waals surface area (Å²) in [7, 11) is 0. The number of hydrogen-bond donors (Lipinski definition) is 2. The molecule has 1 heterocycles. The summed E-state index contributed by atoms with van der Waals surface area (Å²) in [6, 6.07) is 6.75. The number of rotatable bonds is 2. The highest BCUT2D eigenvalue weighted by Gasteiger charge is 2.08. The second kappa shape index (κ2) is 5.08. The van der Waals surface area contributed by atoms with Crippen molar-refractivity contribution in [3.63, 3.8) is 0 Å². The number of nitrogen functional groups attached to an aromatic ring is 1. The van der Waals surface area contributed by atoms with Crippen molar-refractivity contribution in [3.8, 4) is 0 Å². The third kappa shape index (κ3) is 3.00. The zero-order chi connectivity index (χ0) is 12.4. The highest BCUT2D eigenvalue weighted by molar-refractivity contribution is 9.11. The maximum absolute atomic E-state index is 11.8. The third-order valence-corrected chi connectivity index (χ3v) is 3.92. The summed E-state index contributed by atoms with van der Waals surface area (Å²) in [4.78, 5) is 11.8. The summed E-state index contributed by atoms with van der Waals surface area (Å²) < 4.78 is 0.915. The van der Waals surface area contributed by atoms with E-state index >= 15 is 0 Å². The van der Waals surface area contributed by atoms with Gasteiger partial charge < -0.3 is 11.1 Å². The van der Waals surface area contributed by atoms with Gasteiger partial charge in [-0.05, 0) is 40.2 Å². The molecule has 0 aliphatic rings. The molecule has 3 nitrogen and oxygen atoms in total. The first-order valence-electron chi connectivity index (χ1n) is 4.66. The minimum Gasteiger partial charge on any atom is -0.398 e. The van der Waals surface area contributed by atoms with Crippen molar-refractivity contribution in [2.24, 2.45) is 0 Å². The number of thiophene rings is 1. The largest absolute Gasteiger partial charge is 0.398 e. The Balaban J connectivity index is 2.15. The molecule has 1 aromatic heterocycles. The number of halogens is 2. The highest BCUT2D eigenvalue weighted by Crippen LogP contribution is 2.24. The van der Waals surface area contributed by atoms with Crippen molar-refractivity contribution in [2.75, 3.05) is 11.1 Å². The summed E-state index contributed by atoms with van der Waals surface area (Å²) in [5.74, 6) is -0.173. The van der Waals surface area contributed by atoms with Crippen molar-refractivity contribution in [1.82, 2.24) is 0 Å². The fourth-order valence-electron chi connectivity index (χ4n) is 1.24. The van der Waals surface area contributed by atoms with Crippen LogP contribution in [-0.2, 0) is 0 Å². The Morgan fingerprint density at radius 3 is 2.76 bits per heavy atom. The summed E-state index contributed by atoms with van der Waals surface area (Å²) in [5, 5.41) is 4.95. The van der Waals surface area contributed by atoms with E-state index < -0.39 is 0 Å². The molecule has 2 rings (SSSR count).